The number of rotatable bonds is 19. The molecule has 2 saturated heterocycles. The van der Waals surface area contributed by atoms with Gasteiger partial charge in [0.2, 0.25) is 17.8 Å². The maximum atomic E-state index is 13.3. The van der Waals surface area contributed by atoms with E-state index in [-0.39, 0.29) is 30.1 Å². The molecule has 0 radical (unpaired) electrons. The Morgan fingerprint density at radius 3 is 1.21 bits per heavy atom. The fourth-order valence-electron chi connectivity index (χ4n) is 16.1. The number of nitrogens with zero attached hydrogens (tertiary/aromatic N) is 12. The molecule has 7 aromatic rings. The number of carbonyl (C=O) groups excluding carboxylic acids is 1. The fraction of sp³-hybridized carbons (Fsp3) is 0.671. The van der Waals surface area contributed by atoms with E-state index < -0.39 is 0 Å². The second-order valence-electron chi connectivity index (χ2n) is 28.8. The SMILES string of the molecule is CCC[C@H](C)Nc1ncc2c(C3CCCC3)cn(C3CCC(O)CC3)c2n1.CCC[C@H](C)Nc1ncc2c(C3CCN(C(=O)c4cc(C)nc(C)c4)C3)cn(C3CCC(O)CC3)c2n1.CCC[C@H](C)Nc1ncc2c(C3CCN(C)C3)cn(C3CCC(O)CC3)c2n1. The normalized spacial score (nSPS) is 24.9. The van der Waals surface area contributed by atoms with E-state index in [1.807, 2.05) is 49.5 Å². The van der Waals surface area contributed by atoms with Crippen LogP contribution in [-0.2, 0) is 0 Å². The summed E-state index contributed by atoms with van der Waals surface area (Å²) in [5, 5.41) is 43.9. The molecular formula is C73H109N15O4. The van der Waals surface area contributed by atoms with Gasteiger partial charge in [0.25, 0.3) is 5.91 Å². The summed E-state index contributed by atoms with van der Waals surface area (Å²) in [6.07, 6.45) is 37.9. The summed E-state index contributed by atoms with van der Waals surface area (Å²) in [4.78, 5) is 51.0. The van der Waals surface area contributed by atoms with Gasteiger partial charge >= 0.3 is 0 Å². The molecule has 19 nitrogen and oxygen atoms in total. The molecular weight excluding hydrogens is 1150 g/mol. The summed E-state index contributed by atoms with van der Waals surface area (Å²) in [6, 6.07) is 6.02. The van der Waals surface area contributed by atoms with E-state index in [0.29, 0.717) is 66.1 Å². The van der Waals surface area contributed by atoms with E-state index in [1.54, 1.807) is 0 Å². The molecule has 500 valence electrons. The number of fused-ring (bicyclic) bond motifs is 3. The Hall–Kier alpha value is -6.28. The average Bonchev–Trinajstić information content (AvgIpc) is 1.71. The minimum absolute atomic E-state index is 0.0776. The molecule has 0 bridgehead atoms. The van der Waals surface area contributed by atoms with Gasteiger partial charge in [-0.3, -0.25) is 9.78 Å². The van der Waals surface area contributed by atoms with Gasteiger partial charge in [0, 0.05) is 138 Å². The van der Waals surface area contributed by atoms with Gasteiger partial charge in [-0.2, -0.15) is 15.0 Å². The average molecular weight is 1260 g/mol. The first-order valence-electron chi connectivity index (χ1n) is 35.9. The van der Waals surface area contributed by atoms with Gasteiger partial charge in [-0.25, -0.2) is 15.0 Å². The highest BCUT2D eigenvalue weighted by Crippen LogP contribution is 2.43. The number of anilines is 3. The Morgan fingerprint density at radius 2 is 0.848 bits per heavy atom. The number of hydrogen-bond donors (Lipinski definition) is 6. The third-order valence-electron chi connectivity index (χ3n) is 21.1. The summed E-state index contributed by atoms with van der Waals surface area (Å²) in [6.45, 7) is 20.7. The number of aliphatic hydroxyl groups excluding tert-OH is 3. The highest BCUT2D eigenvalue weighted by atomic mass is 16.3. The van der Waals surface area contributed by atoms with Crippen molar-refractivity contribution in [1.82, 2.24) is 58.4 Å². The van der Waals surface area contributed by atoms with Gasteiger partial charge < -0.3 is 54.8 Å². The molecule has 4 saturated carbocycles. The van der Waals surface area contributed by atoms with Crippen LogP contribution in [0, 0.1) is 13.8 Å². The molecule has 2 unspecified atom stereocenters. The first-order valence-corrected chi connectivity index (χ1v) is 35.9. The van der Waals surface area contributed by atoms with Gasteiger partial charge in [0.05, 0.1) is 18.3 Å². The van der Waals surface area contributed by atoms with Crippen LogP contribution in [0.5, 0.6) is 0 Å². The predicted octanol–water partition coefficient (Wildman–Crippen LogP) is 14.2. The summed E-state index contributed by atoms with van der Waals surface area (Å²) in [5.74, 6) is 3.69. The van der Waals surface area contributed by atoms with E-state index in [0.717, 1.165) is 187 Å². The number of carbonyl (C=O) groups is 1. The molecule has 5 atom stereocenters. The van der Waals surface area contributed by atoms with Gasteiger partial charge in [-0.05, 0) is 205 Å². The van der Waals surface area contributed by atoms with Crippen LogP contribution in [0.4, 0.5) is 17.8 Å². The number of amides is 1. The lowest BCUT2D eigenvalue weighted by Crippen LogP contribution is -2.28. The number of hydrogen-bond acceptors (Lipinski definition) is 15. The van der Waals surface area contributed by atoms with E-state index in [9.17, 15) is 20.1 Å². The Balaban J connectivity index is 0.000000144. The Morgan fingerprint density at radius 1 is 0.489 bits per heavy atom. The summed E-state index contributed by atoms with van der Waals surface area (Å²) in [5.41, 5.74) is 9.64. The quantitative estimate of drug-likeness (QED) is 0.0443. The number of pyridine rings is 1. The molecule has 13 rings (SSSR count). The number of likely N-dealkylation sites (N-methyl/N-ethyl adjacent to an activating group) is 1. The van der Waals surface area contributed by atoms with Crippen LogP contribution in [0.3, 0.4) is 0 Å². The van der Waals surface area contributed by atoms with Crippen LogP contribution in [-0.4, -0.2) is 149 Å². The molecule has 92 heavy (non-hydrogen) atoms. The highest BCUT2D eigenvalue weighted by molar-refractivity contribution is 5.95. The number of aliphatic hydroxyl groups is 3. The highest BCUT2D eigenvalue weighted by Gasteiger charge is 2.34. The van der Waals surface area contributed by atoms with E-state index in [4.69, 9.17) is 15.0 Å². The first kappa shape index (κ1) is 67.2. The van der Waals surface area contributed by atoms with Crippen LogP contribution < -0.4 is 16.0 Å². The van der Waals surface area contributed by atoms with Crippen molar-refractivity contribution in [3.05, 3.63) is 83.0 Å². The Labute approximate surface area is 546 Å². The smallest absolute Gasteiger partial charge is 0.254 e. The van der Waals surface area contributed by atoms with E-state index in [2.05, 4.69) is 122 Å². The van der Waals surface area contributed by atoms with Crippen LogP contribution in [0.25, 0.3) is 33.1 Å². The Bertz CT molecular complexity index is 3510. The summed E-state index contributed by atoms with van der Waals surface area (Å²) in [7, 11) is 2.20. The standard InChI is InChI=1S/C29H40N6O2.C22H35N5O.C22H34N4O/c1-5-6-18(2)32-29-30-15-25-26(17-35(27(25)33-29)23-7-9-24(36)10-8-23)21-11-12-34(16-21)28(37)22-13-19(3)31-20(4)14-22;1-4-5-15(2)24-22-23-12-19-20(16-10-11-26(3)13-16)14-27(21(19)25-22)17-6-8-18(28)9-7-17;1-3-6-15(2)24-22-23-13-19-20(16-7-4-5-8-16)14-26(21(19)25-22)17-9-11-18(27)12-10-17/h13-15,17-18,21,23-24,36H,5-12,16H2,1-4H3,(H,30,32,33);12,14-18,28H,4-11,13H2,1-3H3,(H,23,24,25);13-18,27H,3-12H2,1-2H3,(H,23,24,25)/t18-,21?,23?,24?;15-,16?,17?,18?;15-,17?,18?/m000/s1. The largest absolute Gasteiger partial charge is 0.393 e. The van der Waals surface area contributed by atoms with Crippen molar-refractivity contribution >= 4 is 56.9 Å². The molecule has 2 aliphatic heterocycles. The molecule has 6 fully saturated rings. The molecule has 6 N–H and O–H groups in total. The zero-order chi connectivity index (χ0) is 64.6. The van der Waals surface area contributed by atoms with Crippen LogP contribution >= 0.6 is 0 Å². The van der Waals surface area contributed by atoms with Crippen LogP contribution in [0.15, 0.2) is 49.3 Å². The van der Waals surface area contributed by atoms with Crippen LogP contribution in [0.1, 0.15) is 270 Å². The predicted molar refractivity (Wildman–Crippen MR) is 370 cm³/mol. The van der Waals surface area contributed by atoms with Crippen molar-refractivity contribution in [1.29, 1.82) is 0 Å². The maximum absolute atomic E-state index is 13.3. The van der Waals surface area contributed by atoms with Gasteiger partial charge in [0.1, 0.15) is 16.9 Å². The van der Waals surface area contributed by atoms with Crippen molar-refractivity contribution in [3.8, 4) is 0 Å². The van der Waals surface area contributed by atoms with Gasteiger partial charge in [-0.15, -0.1) is 0 Å². The maximum Gasteiger partial charge on any atom is 0.254 e. The minimum atomic E-state index is -0.200. The van der Waals surface area contributed by atoms with E-state index >= 15 is 0 Å². The summed E-state index contributed by atoms with van der Waals surface area (Å²) >= 11 is 0. The number of likely N-dealkylation sites (tertiary alicyclic amines) is 2. The van der Waals surface area contributed by atoms with Crippen molar-refractivity contribution in [2.75, 3.05) is 49.2 Å². The second-order valence-corrected chi connectivity index (χ2v) is 28.8. The molecule has 6 aliphatic rings. The molecule has 1 amide bonds. The summed E-state index contributed by atoms with van der Waals surface area (Å²) < 4.78 is 7.13. The minimum Gasteiger partial charge on any atom is -0.393 e. The van der Waals surface area contributed by atoms with Crippen molar-refractivity contribution < 1.29 is 20.1 Å². The van der Waals surface area contributed by atoms with Crippen molar-refractivity contribution in [2.24, 2.45) is 0 Å². The molecule has 0 aromatic carbocycles. The third-order valence-corrected chi connectivity index (χ3v) is 21.1. The Kier molecular flexibility index (Phi) is 22.5. The zero-order valence-electron chi connectivity index (χ0n) is 57.0. The molecule has 19 heteroatoms. The lowest BCUT2D eigenvalue weighted by atomic mass is 9.93. The number of nitrogens with one attached hydrogen (secondary N) is 3. The molecule has 0 spiro atoms. The third kappa shape index (κ3) is 16.1. The topological polar surface area (TPSA) is 225 Å². The van der Waals surface area contributed by atoms with Gasteiger partial charge in [0.15, 0.2) is 0 Å². The molecule has 4 aliphatic carbocycles. The molecule has 9 heterocycles. The fourth-order valence-corrected chi connectivity index (χ4v) is 16.1. The first-order chi connectivity index (χ1) is 44.5. The lowest BCUT2D eigenvalue weighted by molar-refractivity contribution is 0.0790. The van der Waals surface area contributed by atoms with Crippen molar-refractivity contribution in [2.45, 2.75) is 282 Å². The molecule has 7 aromatic heterocycles. The number of aromatic nitrogens is 10. The number of aryl methyl sites for hydroxylation is 2. The lowest BCUT2D eigenvalue weighted by Gasteiger charge is -2.27. The second kappa shape index (κ2) is 30.9. The van der Waals surface area contributed by atoms with Crippen molar-refractivity contribution in [3.63, 3.8) is 0 Å². The van der Waals surface area contributed by atoms with E-state index in [1.165, 1.54) is 59.6 Å². The zero-order valence-corrected chi connectivity index (χ0v) is 57.0. The van der Waals surface area contributed by atoms with Crippen LogP contribution in [0.2, 0.25) is 0 Å². The van der Waals surface area contributed by atoms with Gasteiger partial charge in [-0.1, -0.05) is 52.9 Å². The monoisotopic (exact) mass is 1260 g/mol.